The van der Waals surface area contributed by atoms with E-state index in [-0.39, 0.29) is 24.2 Å². The van der Waals surface area contributed by atoms with Gasteiger partial charge in [0.2, 0.25) is 5.91 Å². The predicted molar refractivity (Wildman–Crippen MR) is 97.1 cm³/mol. The smallest absolute Gasteiger partial charge is 0.310 e. The van der Waals surface area contributed by atoms with E-state index in [0.717, 1.165) is 4.90 Å². The van der Waals surface area contributed by atoms with Crippen LogP contribution in [0.5, 0.6) is 0 Å². The molecule has 8 heteroatoms. The predicted octanol–water partition coefficient (Wildman–Crippen LogP) is 1.71. The van der Waals surface area contributed by atoms with Gasteiger partial charge in [-0.2, -0.15) is 0 Å². The van der Waals surface area contributed by atoms with E-state index in [0.29, 0.717) is 5.76 Å². The molecule has 3 amide bonds. The van der Waals surface area contributed by atoms with Crippen LogP contribution in [-0.2, 0) is 20.9 Å². The van der Waals surface area contributed by atoms with Crippen molar-refractivity contribution in [3.63, 3.8) is 0 Å². The van der Waals surface area contributed by atoms with Crippen LogP contribution in [0.2, 0.25) is 0 Å². The lowest BCUT2D eigenvalue weighted by Gasteiger charge is -2.26. The van der Waals surface area contributed by atoms with E-state index in [9.17, 15) is 19.2 Å². The second kappa shape index (κ2) is 8.08. The average molecular weight is 384 g/mol. The summed E-state index contributed by atoms with van der Waals surface area (Å²) >= 11 is 0. The van der Waals surface area contributed by atoms with Crippen LogP contribution in [0.4, 0.5) is 0 Å². The van der Waals surface area contributed by atoms with Crippen LogP contribution in [0.25, 0.3) is 0 Å². The number of rotatable bonds is 7. The second-order valence-corrected chi connectivity index (χ2v) is 6.52. The molecule has 0 spiro atoms. The normalized spacial score (nSPS) is 14.0. The number of carbonyl (C=O) groups excluding carboxylic acids is 4. The summed E-state index contributed by atoms with van der Waals surface area (Å²) in [6.07, 6.45) is 1.48. The van der Waals surface area contributed by atoms with E-state index in [1.807, 2.05) is 0 Å². The third kappa shape index (κ3) is 3.80. The van der Waals surface area contributed by atoms with E-state index in [1.54, 1.807) is 43.3 Å². The van der Waals surface area contributed by atoms with Crippen LogP contribution in [0.1, 0.15) is 33.4 Å². The number of amides is 3. The number of hydrogen-bond acceptors (Lipinski definition) is 6. The van der Waals surface area contributed by atoms with Gasteiger partial charge in [0.05, 0.1) is 37.0 Å². The quantitative estimate of drug-likeness (QED) is 0.533. The molecule has 0 bridgehead atoms. The summed E-state index contributed by atoms with van der Waals surface area (Å²) in [5.41, 5.74) is 0.557. The molecule has 0 radical (unpaired) electrons. The van der Waals surface area contributed by atoms with Crippen LogP contribution < -0.4 is 0 Å². The second-order valence-electron chi connectivity index (χ2n) is 6.52. The summed E-state index contributed by atoms with van der Waals surface area (Å²) in [5.74, 6) is -2.00. The monoisotopic (exact) mass is 384 g/mol. The summed E-state index contributed by atoms with van der Waals surface area (Å²) in [6, 6.07) is 9.82. The molecule has 3 rings (SSSR count). The van der Waals surface area contributed by atoms with E-state index in [4.69, 9.17) is 9.15 Å². The van der Waals surface area contributed by atoms with Crippen molar-refractivity contribution in [1.29, 1.82) is 0 Å². The van der Waals surface area contributed by atoms with Crippen molar-refractivity contribution in [2.75, 3.05) is 20.2 Å². The van der Waals surface area contributed by atoms with Gasteiger partial charge in [0, 0.05) is 6.54 Å². The Morgan fingerprint density at radius 2 is 1.75 bits per heavy atom. The topological polar surface area (TPSA) is 97.1 Å². The molecular formula is C20H20N2O6. The third-order valence-electron chi connectivity index (χ3n) is 4.55. The average Bonchev–Trinajstić information content (AvgIpc) is 3.29. The molecule has 1 atom stereocenters. The Kier molecular flexibility index (Phi) is 5.58. The fraction of sp³-hybridized carbons (Fsp3) is 0.300. The molecule has 0 saturated carbocycles. The van der Waals surface area contributed by atoms with Crippen LogP contribution in [0.3, 0.4) is 0 Å². The van der Waals surface area contributed by atoms with Gasteiger partial charge in [0.1, 0.15) is 12.3 Å². The number of nitrogens with zero attached hydrogens (tertiary/aromatic N) is 2. The molecule has 1 aliphatic rings. The Morgan fingerprint density at radius 1 is 1.11 bits per heavy atom. The Labute approximate surface area is 161 Å². The van der Waals surface area contributed by atoms with E-state index in [2.05, 4.69) is 0 Å². The van der Waals surface area contributed by atoms with Gasteiger partial charge in [0.25, 0.3) is 11.8 Å². The maximum absolute atomic E-state index is 12.9. The van der Waals surface area contributed by atoms with Crippen molar-refractivity contribution < 1.29 is 28.3 Å². The number of hydrogen-bond donors (Lipinski definition) is 0. The number of furan rings is 1. The molecule has 0 fully saturated rings. The van der Waals surface area contributed by atoms with Gasteiger partial charge in [-0.3, -0.25) is 24.1 Å². The Bertz CT molecular complexity index is 870. The van der Waals surface area contributed by atoms with Crippen LogP contribution in [-0.4, -0.2) is 53.7 Å². The molecule has 28 heavy (non-hydrogen) atoms. The van der Waals surface area contributed by atoms with Crippen LogP contribution in [0.15, 0.2) is 47.1 Å². The largest absolute Gasteiger partial charge is 0.469 e. The first-order chi connectivity index (χ1) is 13.4. The Hall–Kier alpha value is -3.42. The molecule has 8 nitrogen and oxygen atoms in total. The molecule has 2 aromatic rings. The van der Waals surface area contributed by atoms with Crippen molar-refractivity contribution in [3.8, 4) is 0 Å². The zero-order valence-electron chi connectivity index (χ0n) is 15.6. The first-order valence-electron chi connectivity index (χ1n) is 8.75. The van der Waals surface area contributed by atoms with E-state index >= 15 is 0 Å². The van der Waals surface area contributed by atoms with E-state index in [1.165, 1.54) is 18.3 Å². The van der Waals surface area contributed by atoms with Gasteiger partial charge >= 0.3 is 5.97 Å². The lowest BCUT2D eigenvalue weighted by Crippen LogP contribution is -2.44. The molecule has 1 aromatic carbocycles. The number of carbonyl (C=O) groups is 4. The highest BCUT2D eigenvalue weighted by Crippen LogP contribution is 2.22. The molecule has 146 valence electrons. The highest BCUT2D eigenvalue weighted by atomic mass is 16.5. The van der Waals surface area contributed by atoms with Crippen LogP contribution in [0, 0.1) is 5.92 Å². The number of fused-ring (bicyclic) bond motifs is 1. The molecule has 0 saturated heterocycles. The van der Waals surface area contributed by atoms with Gasteiger partial charge < -0.3 is 14.1 Å². The lowest BCUT2D eigenvalue weighted by molar-refractivity contribution is -0.146. The zero-order chi connectivity index (χ0) is 20.3. The fourth-order valence-electron chi connectivity index (χ4n) is 3.07. The van der Waals surface area contributed by atoms with Gasteiger partial charge in [-0.05, 0) is 24.3 Å². The van der Waals surface area contributed by atoms with Gasteiger partial charge in [-0.25, -0.2) is 0 Å². The van der Waals surface area contributed by atoms with Crippen molar-refractivity contribution in [2.45, 2.75) is 13.5 Å². The first kappa shape index (κ1) is 19.3. The van der Waals surface area contributed by atoms with Gasteiger partial charge in [-0.15, -0.1) is 0 Å². The minimum absolute atomic E-state index is 0.0649. The number of methoxy groups -OCH3 is 1. The van der Waals surface area contributed by atoms with Crippen molar-refractivity contribution in [3.05, 3.63) is 59.5 Å². The molecule has 2 heterocycles. The minimum atomic E-state index is -0.578. The SMILES string of the molecule is COC(=O)C(C)CN(Cc1ccco1)C(=O)CN1C(=O)c2ccccc2C1=O. The lowest BCUT2D eigenvalue weighted by atomic mass is 10.1. The fourth-order valence-corrected chi connectivity index (χ4v) is 3.07. The van der Waals surface area contributed by atoms with Crippen molar-refractivity contribution >= 4 is 23.7 Å². The summed E-state index contributed by atoms with van der Waals surface area (Å²) < 4.78 is 10.0. The highest BCUT2D eigenvalue weighted by Gasteiger charge is 2.37. The van der Waals surface area contributed by atoms with Gasteiger partial charge in [-0.1, -0.05) is 19.1 Å². The maximum atomic E-state index is 12.9. The zero-order valence-corrected chi connectivity index (χ0v) is 15.6. The summed E-state index contributed by atoms with van der Waals surface area (Å²) in [4.78, 5) is 52.0. The first-order valence-corrected chi connectivity index (χ1v) is 8.75. The number of ether oxygens (including phenoxy) is 1. The molecule has 1 aliphatic heterocycles. The number of esters is 1. The van der Waals surface area contributed by atoms with Crippen molar-refractivity contribution in [2.24, 2.45) is 5.92 Å². The standard InChI is InChI=1S/C20H20N2O6/c1-13(20(26)27-2)10-21(11-14-6-5-9-28-14)17(23)12-22-18(24)15-7-3-4-8-16(15)19(22)25/h3-9,13H,10-12H2,1-2H3. The molecule has 1 aromatic heterocycles. The Balaban J connectivity index is 1.76. The Morgan fingerprint density at radius 3 is 2.29 bits per heavy atom. The number of imide groups is 1. The summed E-state index contributed by atoms with van der Waals surface area (Å²) in [5, 5.41) is 0. The summed E-state index contributed by atoms with van der Waals surface area (Å²) in [7, 11) is 1.27. The molecule has 1 unspecified atom stereocenters. The third-order valence-corrected chi connectivity index (χ3v) is 4.55. The number of benzene rings is 1. The molecule has 0 aliphatic carbocycles. The summed E-state index contributed by atoms with van der Waals surface area (Å²) in [6.45, 7) is 1.39. The van der Waals surface area contributed by atoms with E-state index < -0.39 is 36.2 Å². The van der Waals surface area contributed by atoms with Crippen LogP contribution >= 0.6 is 0 Å². The highest BCUT2D eigenvalue weighted by molar-refractivity contribution is 6.22. The maximum Gasteiger partial charge on any atom is 0.310 e. The van der Waals surface area contributed by atoms with Crippen molar-refractivity contribution in [1.82, 2.24) is 9.80 Å². The molecule has 0 N–H and O–H groups in total. The minimum Gasteiger partial charge on any atom is -0.469 e. The van der Waals surface area contributed by atoms with Gasteiger partial charge in [0.15, 0.2) is 0 Å². The molecular weight excluding hydrogens is 364 g/mol.